The number of ether oxygens (including phenoxy) is 4. The van der Waals surface area contributed by atoms with Crippen molar-refractivity contribution in [1.29, 1.82) is 0 Å². The van der Waals surface area contributed by atoms with Crippen LogP contribution in [-0.2, 0) is 14.3 Å². The van der Waals surface area contributed by atoms with Crippen LogP contribution in [0.25, 0.3) is 6.08 Å². The highest BCUT2D eigenvalue weighted by atomic mass is 16.5. The average Bonchev–Trinajstić information content (AvgIpc) is 2.76. The van der Waals surface area contributed by atoms with Crippen LogP contribution >= 0.6 is 0 Å². The summed E-state index contributed by atoms with van der Waals surface area (Å²) in [5.74, 6) is -0.684. The van der Waals surface area contributed by atoms with Crippen LogP contribution in [0, 0.1) is 0 Å². The van der Waals surface area contributed by atoms with Gasteiger partial charge in [-0.25, -0.2) is 4.79 Å². The van der Waals surface area contributed by atoms with E-state index in [4.69, 9.17) is 18.9 Å². The lowest BCUT2D eigenvalue weighted by molar-refractivity contribution is -0.143. The van der Waals surface area contributed by atoms with Crippen LogP contribution in [0.3, 0.4) is 0 Å². The third kappa shape index (κ3) is 6.37. The van der Waals surface area contributed by atoms with Gasteiger partial charge in [-0.15, -0.1) is 0 Å². The number of hydrogen-bond donors (Lipinski definition) is 1. The monoisotopic (exact) mass is 413 g/mol. The Kier molecular flexibility index (Phi) is 8.43. The molecule has 0 aliphatic carbocycles. The number of carbonyl (C=O) groups is 3. The number of carbonyl (C=O) groups excluding carboxylic acids is 3. The first kappa shape index (κ1) is 22.5. The van der Waals surface area contributed by atoms with Gasteiger partial charge in [0.05, 0.1) is 26.4 Å². The van der Waals surface area contributed by atoms with Crippen LogP contribution in [0.1, 0.15) is 22.8 Å². The third-order valence-electron chi connectivity index (χ3n) is 3.85. The van der Waals surface area contributed by atoms with Crippen LogP contribution in [0.5, 0.6) is 17.2 Å². The zero-order valence-corrected chi connectivity index (χ0v) is 17.0. The van der Waals surface area contributed by atoms with Crippen molar-refractivity contribution in [3.05, 3.63) is 59.7 Å². The number of hydrogen-bond acceptors (Lipinski definition) is 7. The van der Waals surface area contributed by atoms with Crippen molar-refractivity contribution >= 4 is 23.9 Å². The molecule has 8 nitrogen and oxygen atoms in total. The van der Waals surface area contributed by atoms with Crippen molar-refractivity contribution in [1.82, 2.24) is 5.32 Å². The maximum atomic E-state index is 12.1. The van der Waals surface area contributed by atoms with E-state index in [0.717, 1.165) is 0 Å². The van der Waals surface area contributed by atoms with E-state index < -0.39 is 24.4 Å². The number of nitrogens with one attached hydrogen (secondary N) is 1. The Morgan fingerprint density at radius 3 is 2.40 bits per heavy atom. The molecule has 2 aromatic carbocycles. The molecule has 0 radical (unpaired) electrons. The molecule has 158 valence electrons. The summed E-state index contributed by atoms with van der Waals surface area (Å²) in [6.07, 6.45) is 2.69. The molecule has 2 rings (SSSR count). The predicted molar refractivity (Wildman–Crippen MR) is 110 cm³/mol. The van der Waals surface area contributed by atoms with Crippen molar-refractivity contribution < 1.29 is 33.3 Å². The predicted octanol–water partition coefficient (Wildman–Crippen LogP) is 2.62. The van der Waals surface area contributed by atoms with Gasteiger partial charge in [-0.3, -0.25) is 14.9 Å². The maximum Gasteiger partial charge on any atom is 0.331 e. The van der Waals surface area contributed by atoms with Crippen LogP contribution in [0.15, 0.2) is 48.5 Å². The number of rotatable bonds is 9. The molecule has 0 aliphatic rings. The van der Waals surface area contributed by atoms with Crippen LogP contribution in [0.4, 0.5) is 0 Å². The van der Waals surface area contributed by atoms with Gasteiger partial charge in [0, 0.05) is 6.08 Å². The largest absolute Gasteiger partial charge is 0.496 e. The molecule has 0 saturated heterocycles. The second kappa shape index (κ2) is 11.3. The van der Waals surface area contributed by atoms with E-state index in [-0.39, 0.29) is 5.56 Å². The van der Waals surface area contributed by atoms with E-state index in [0.29, 0.717) is 29.4 Å². The summed E-state index contributed by atoms with van der Waals surface area (Å²) < 4.78 is 20.6. The molecule has 0 atom stereocenters. The van der Waals surface area contributed by atoms with Crippen molar-refractivity contribution in [3.63, 3.8) is 0 Å². The normalized spacial score (nSPS) is 10.4. The summed E-state index contributed by atoms with van der Waals surface area (Å²) in [6, 6.07) is 11.6. The Labute approximate surface area is 174 Å². The van der Waals surface area contributed by atoms with Gasteiger partial charge in [0.1, 0.15) is 5.75 Å². The second-order valence-corrected chi connectivity index (χ2v) is 5.86. The van der Waals surface area contributed by atoms with Crippen LogP contribution < -0.4 is 19.5 Å². The van der Waals surface area contributed by atoms with Gasteiger partial charge in [0.25, 0.3) is 11.8 Å². The first-order chi connectivity index (χ1) is 14.5. The molecule has 0 heterocycles. The van der Waals surface area contributed by atoms with Gasteiger partial charge in [0.15, 0.2) is 18.1 Å². The minimum absolute atomic E-state index is 0.198. The average molecular weight is 413 g/mol. The quantitative estimate of drug-likeness (QED) is 0.498. The van der Waals surface area contributed by atoms with E-state index >= 15 is 0 Å². The zero-order chi connectivity index (χ0) is 21.9. The third-order valence-corrected chi connectivity index (χ3v) is 3.85. The summed E-state index contributed by atoms with van der Waals surface area (Å²) in [6.45, 7) is 1.72. The SMILES string of the molecule is CCOc1cc(/C=C/C(=O)OCC(=O)NC(=O)c2ccccc2OC)ccc1OC. The van der Waals surface area contributed by atoms with Gasteiger partial charge in [-0.05, 0) is 42.8 Å². The lowest BCUT2D eigenvalue weighted by Gasteiger charge is -2.09. The molecule has 0 aliphatic heterocycles. The van der Waals surface area contributed by atoms with E-state index in [2.05, 4.69) is 5.32 Å². The summed E-state index contributed by atoms with van der Waals surface area (Å²) >= 11 is 0. The molecule has 0 aromatic heterocycles. The molecule has 0 bridgehead atoms. The van der Waals surface area contributed by atoms with E-state index in [1.807, 2.05) is 6.92 Å². The Bertz CT molecular complexity index is 937. The van der Waals surface area contributed by atoms with Gasteiger partial charge < -0.3 is 18.9 Å². The molecular weight excluding hydrogens is 390 g/mol. The minimum Gasteiger partial charge on any atom is -0.496 e. The number of esters is 1. The van der Waals surface area contributed by atoms with Crippen molar-refractivity contribution in [2.24, 2.45) is 0 Å². The number of imide groups is 1. The summed E-state index contributed by atoms with van der Waals surface area (Å²) in [5.41, 5.74) is 0.885. The Hall–Kier alpha value is -3.81. The lowest BCUT2D eigenvalue weighted by Crippen LogP contribution is -2.34. The highest BCUT2D eigenvalue weighted by molar-refractivity contribution is 6.06. The lowest BCUT2D eigenvalue weighted by atomic mass is 10.2. The van der Waals surface area contributed by atoms with Gasteiger partial charge in [0.2, 0.25) is 0 Å². The van der Waals surface area contributed by atoms with E-state index in [1.165, 1.54) is 32.4 Å². The molecule has 8 heteroatoms. The fourth-order valence-corrected chi connectivity index (χ4v) is 2.48. The highest BCUT2D eigenvalue weighted by Crippen LogP contribution is 2.28. The number of para-hydroxylation sites is 1. The Morgan fingerprint density at radius 1 is 0.967 bits per heavy atom. The van der Waals surface area contributed by atoms with E-state index in [9.17, 15) is 14.4 Å². The summed E-state index contributed by atoms with van der Waals surface area (Å²) in [5, 5.41) is 2.14. The highest BCUT2D eigenvalue weighted by Gasteiger charge is 2.15. The number of benzene rings is 2. The molecule has 0 spiro atoms. The minimum atomic E-state index is -0.754. The summed E-state index contributed by atoms with van der Waals surface area (Å²) in [7, 11) is 2.95. The summed E-state index contributed by atoms with van der Waals surface area (Å²) in [4.78, 5) is 35.9. The van der Waals surface area contributed by atoms with Crippen LogP contribution in [-0.4, -0.2) is 45.2 Å². The fourth-order valence-electron chi connectivity index (χ4n) is 2.48. The molecular formula is C22H23NO7. The molecule has 0 fully saturated rings. The molecule has 2 aromatic rings. The standard InChI is InChI=1S/C22H23NO7/c1-4-29-19-13-15(9-11-18(19)28-3)10-12-21(25)30-14-20(24)23-22(26)16-7-5-6-8-17(16)27-2/h5-13H,4,14H2,1-3H3,(H,23,24,26)/b12-10+. The topological polar surface area (TPSA) is 100 Å². The van der Waals surface area contributed by atoms with Crippen molar-refractivity contribution in [2.45, 2.75) is 6.92 Å². The molecule has 30 heavy (non-hydrogen) atoms. The van der Waals surface area contributed by atoms with Gasteiger partial charge in [-0.2, -0.15) is 0 Å². The maximum absolute atomic E-state index is 12.1. The van der Waals surface area contributed by atoms with E-state index in [1.54, 1.807) is 36.4 Å². The molecule has 0 saturated carbocycles. The zero-order valence-electron chi connectivity index (χ0n) is 17.0. The Balaban J connectivity index is 1.89. The first-order valence-corrected chi connectivity index (χ1v) is 9.11. The van der Waals surface area contributed by atoms with Gasteiger partial charge >= 0.3 is 5.97 Å². The fraction of sp³-hybridized carbons (Fsp3) is 0.227. The molecule has 2 amide bonds. The molecule has 0 unspecified atom stereocenters. The van der Waals surface area contributed by atoms with Gasteiger partial charge in [-0.1, -0.05) is 18.2 Å². The molecule has 1 N–H and O–H groups in total. The first-order valence-electron chi connectivity index (χ1n) is 9.11. The number of methoxy groups -OCH3 is 2. The second-order valence-electron chi connectivity index (χ2n) is 5.86. The Morgan fingerprint density at radius 2 is 1.70 bits per heavy atom. The van der Waals surface area contributed by atoms with Crippen LogP contribution in [0.2, 0.25) is 0 Å². The van der Waals surface area contributed by atoms with Crippen molar-refractivity contribution in [3.8, 4) is 17.2 Å². The van der Waals surface area contributed by atoms with Crippen molar-refractivity contribution in [2.75, 3.05) is 27.4 Å². The number of amides is 2. The smallest absolute Gasteiger partial charge is 0.331 e.